The molecule has 3 atom stereocenters. The molecule has 1 rings (SSSR count). The molecule has 0 spiro atoms. The van der Waals surface area contributed by atoms with Gasteiger partial charge in [-0.1, -0.05) is 34.6 Å². The van der Waals surface area contributed by atoms with E-state index in [9.17, 15) is 13.2 Å². The van der Waals surface area contributed by atoms with E-state index < -0.39 is 18.6 Å². The number of halogens is 3. The number of hydrogen-bond donors (Lipinski definition) is 1. The Hall–Kier alpha value is -0.290. The second-order valence-corrected chi connectivity index (χ2v) is 7.50. The summed E-state index contributed by atoms with van der Waals surface area (Å²) >= 11 is 0. The van der Waals surface area contributed by atoms with Crippen molar-refractivity contribution in [2.45, 2.75) is 72.3 Å². The van der Waals surface area contributed by atoms with Crippen LogP contribution in [0.3, 0.4) is 0 Å². The fourth-order valence-electron chi connectivity index (χ4n) is 2.95. The quantitative estimate of drug-likeness (QED) is 0.854. The monoisotopic (exact) mass is 294 g/mol. The fraction of sp³-hybridized carbons (Fsp3) is 1.00. The van der Waals surface area contributed by atoms with Crippen molar-refractivity contribution in [3.63, 3.8) is 0 Å². The lowest BCUT2D eigenvalue weighted by Gasteiger charge is -2.49. The van der Waals surface area contributed by atoms with Crippen LogP contribution in [0.15, 0.2) is 0 Å². The van der Waals surface area contributed by atoms with Crippen molar-refractivity contribution in [3.8, 4) is 0 Å². The predicted octanol–water partition coefficient (Wildman–Crippen LogP) is 3.67. The summed E-state index contributed by atoms with van der Waals surface area (Å²) in [6.45, 7) is 13.7. The molecule has 0 aromatic carbocycles. The highest BCUT2D eigenvalue weighted by Gasteiger charge is 2.40. The predicted molar refractivity (Wildman–Crippen MR) is 76.7 cm³/mol. The number of nitrogens with one attached hydrogen (secondary N) is 1. The highest BCUT2D eigenvalue weighted by molar-refractivity contribution is 4.95. The smallest absolute Gasteiger partial charge is 0.311 e. The van der Waals surface area contributed by atoms with E-state index in [1.807, 2.05) is 0 Å². The third-order valence-corrected chi connectivity index (χ3v) is 4.30. The van der Waals surface area contributed by atoms with Gasteiger partial charge in [-0.2, -0.15) is 13.2 Å². The molecule has 2 nitrogen and oxygen atoms in total. The van der Waals surface area contributed by atoms with Gasteiger partial charge in [0.2, 0.25) is 0 Å². The van der Waals surface area contributed by atoms with E-state index >= 15 is 0 Å². The van der Waals surface area contributed by atoms with Crippen LogP contribution in [0, 0.1) is 11.3 Å². The normalized spacial score (nSPS) is 27.9. The molecule has 0 bridgehead atoms. The van der Waals surface area contributed by atoms with Crippen LogP contribution in [0.2, 0.25) is 0 Å². The molecule has 5 heteroatoms. The van der Waals surface area contributed by atoms with Crippen molar-refractivity contribution in [1.82, 2.24) is 10.2 Å². The van der Waals surface area contributed by atoms with Gasteiger partial charge in [0.15, 0.2) is 0 Å². The number of hydrogen-bond acceptors (Lipinski definition) is 2. The Morgan fingerprint density at radius 2 is 1.70 bits per heavy atom. The standard InChI is InChI=1S/C15H29F3N2/c1-10(2)12-8-19-13(14(4,5)6)9-20(12)11(3)7-15(16,17)18/h10-13,19H,7-9H2,1-6H3. The molecule has 0 aliphatic carbocycles. The zero-order valence-corrected chi connectivity index (χ0v) is 13.5. The minimum Gasteiger partial charge on any atom is -0.311 e. The lowest BCUT2D eigenvalue weighted by atomic mass is 9.83. The summed E-state index contributed by atoms with van der Waals surface area (Å²) in [5.74, 6) is 0.346. The third-order valence-electron chi connectivity index (χ3n) is 4.30. The van der Waals surface area contributed by atoms with Gasteiger partial charge < -0.3 is 5.32 Å². The lowest BCUT2D eigenvalue weighted by Crippen LogP contribution is -2.63. The van der Waals surface area contributed by atoms with E-state index in [1.54, 1.807) is 6.92 Å². The molecular weight excluding hydrogens is 265 g/mol. The van der Waals surface area contributed by atoms with Crippen molar-refractivity contribution in [3.05, 3.63) is 0 Å². The summed E-state index contributed by atoms with van der Waals surface area (Å²) in [5.41, 5.74) is 0.0537. The van der Waals surface area contributed by atoms with Gasteiger partial charge in [-0.25, -0.2) is 0 Å². The molecule has 0 radical (unpaired) electrons. The summed E-state index contributed by atoms with van der Waals surface area (Å²) in [6.07, 6.45) is -4.82. The van der Waals surface area contributed by atoms with E-state index in [0.29, 0.717) is 12.5 Å². The molecule has 0 saturated carbocycles. The molecule has 1 heterocycles. The molecule has 0 aromatic rings. The van der Waals surface area contributed by atoms with Gasteiger partial charge in [-0.15, -0.1) is 0 Å². The minimum atomic E-state index is -4.09. The molecule has 3 unspecified atom stereocenters. The molecule has 1 saturated heterocycles. The Morgan fingerprint density at radius 1 is 1.15 bits per heavy atom. The maximum atomic E-state index is 12.7. The van der Waals surface area contributed by atoms with Crippen LogP contribution in [0.25, 0.3) is 0 Å². The highest BCUT2D eigenvalue weighted by Crippen LogP contribution is 2.30. The van der Waals surface area contributed by atoms with Crippen LogP contribution in [0.4, 0.5) is 13.2 Å². The van der Waals surface area contributed by atoms with Gasteiger partial charge in [-0.3, -0.25) is 4.90 Å². The number of rotatable bonds is 3. The van der Waals surface area contributed by atoms with Crippen molar-refractivity contribution in [2.24, 2.45) is 11.3 Å². The molecule has 1 fully saturated rings. The summed E-state index contributed by atoms with van der Waals surface area (Å²) < 4.78 is 38.0. The molecule has 1 aliphatic rings. The molecule has 20 heavy (non-hydrogen) atoms. The number of nitrogens with zero attached hydrogens (tertiary/aromatic N) is 1. The van der Waals surface area contributed by atoms with E-state index in [-0.39, 0.29) is 17.5 Å². The van der Waals surface area contributed by atoms with Crippen LogP contribution < -0.4 is 5.32 Å². The molecule has 0 amide bonds. The minimum absolute atomic E-state index is 0.0537. The Morgan fingerprint density at radius 3 is 2.10 bits per heavy atom. The van der Waals surface area contributed by atoms with E-state index in [2.05, 4.69) is 44.8 Å². The Bertz CT molecular complexity index is 307. The first-order chi connectivity index (χ1) is 8.92. The van der Waals surface area contributed by atoms with Gasteiger partial charge in [0.25, 0.3) is 0 Å². The summed E-state index contributed by atoms with van der Waals surface area (Å²) in [6, 6.07) is -0.0616. The van der Waals surface area contributed by atoms with Gasteiger partial charge in [0, 0.05) is 31.2 Å². The van der Waals surface area contributed by atoms with E-state index in [1.165, 1.54) is 0 Å². The highest BCUT2D eigenvalue weighted by atomic mass is 19.4. The van der Waals surface area contributed by atoms with Crippen molar-refractivity contribution in [1.29, 1.82) is 0 Å². The second-order valence-electron chi connectivity index (χ2n) is 7.50. The molecule has 1 aliphatic heterocycles. The summed E-state index contributed by atoms with van der Waals surface area (Å²) in [4.78, 5) is 2.06. The first kappa shape index (κ1) is 17.8. The number of alkyl halides is 3. The largest absolute Gasteiger partial charge is 0.390 e. The van der Waals surface area contributed by atoms with Gasteiger partial charge >= 0.3 is 6.18 Å². The average molecular weight is 294 g/mol. The van der Waals surface area contributed by atoms with Crippen molar-refractivity contribution in [2.75, 3.05) is 13.1 Å². The van der Waals surface area contributed by atoms with Crippen LogP contribution in [0.5, 0.6) is 0 Å². The second kappa shape index (κ2) is 6.22. The maximum Gasteiger partial charge on any atom is 0.390 e. The molecule has 120 valence electrons. The van der Waals surface area contributed by atoms with E-state index in [0.717, 1.165) is 6.54 Å². The topological polar surface area (TPSA) is 15.3 Å². The van der Waals surface area contributed by atoms with Crippen LogP contribution >= 0.6 is 0 Å². The van der Waals surface area contributed by atoms with Crippen molar-refractivity contribution < 1.29 is 13.2 Å². The van der Waals surface area contributed by atoms with Gasteiger partial charge in [0.05, 0.1) is 6.42 Å². The zero-order valence-electron chi connectivity index (χ0n) is 13.5. The number of piperazine rings is 1. The van der Waals surface area contributed by atoms with Crippen LogP contribution in [0.1, 0.15) is 48.0 Å². The lowest BCUT2D eigenvalue weighted by molar-refractivity contribution is -0.151. The summed E-state index contributed by atoms with van der Waals surface area (Å²) in [5, 5.41) is 3.52. The van der Waals surface area contributed by atoms with Crippen LogP contribution in [-0.2, 0) is 0 Å². The molecule has 1 N–H and O–H groups in total. The Kier molecular flexibility index (Phi) is 5.53. The first-order valence-corrected chi connectivity index (χ1v) is 7.47. The maximum absolute atomic E-state index is 12.7. The fourth-order valence-corrected chi connectivity index (χ4v) is 2.95. The van der Waals surface area contributed by atoms with Gasteiger partial charge in [-0.05, 0) is 18.3 Å². The van der Waals surface area contributed by atoms with E-state index in [4.69, 9.17) is 0 Å². The molecule has 0 aromatic heterocycles. The Labute approximate surface area is 121 Å². The summed E-state index contributed by atoms with van der Waals surface area (Å²) in [7, 11) is 0. The van der Waals surface area contributed by atoms with Crippen LogP contribution in [-0.4, -0.2) is 42.3 Å². The van der Waals surface area contributed by atoms with Crippen molar-refractivity contribution >= 4 is 0 Å². The average Bonchev–Trinajstić information content (AvgIpc) is 2.24. The molecular formula is C15H29F3N2. The first-order valence-electron chi connectivity index (χ1n) is 7.47. The zero-order chi connectivity index (χ0) is 15.7. The third kappa shape index (κ3) is 4.92. The SMILES string of the molecule is CC(C)C1CNC(C(C)(C)C)CN1C(C)CC(F)(F)F. The Balaban J connectivity index is 2.83. The van der Waals surface area contributed by atoms with Gasteiger partial charge in [0.1, 0.15) is 0 Å².